The van der Waals surface area contributed by atoms with Gasteiger partial charge in [0, 0.05) is 24.0 Å². The quantitative estimate of drug-likeness (QED) is 0.694. The van der Waals surface area contributed by atoms with E-state index < -0.39 is 5.76 Å². The van der Waals surface area contributed by atoms with E-state index in [9.17, 15) is 9.59 Å². The number of oxazole rings is 1. The Morgan fingerprint density at radius 2 is 1.95 bits per heavy atom. The highest BCUT2D eigenvalue weighted by Gasteiger charge is 2.17. The zero-order valence-electron chi connectivity index (χ0n) is 12.2. The second kappa shape index (κ2) is 4.77. The first-order chi connectivity index (χ1) is 9.99. The summed E-state index contributed by atoms with van der Waals surface area (Å²) in [5.41, 5.74) is 3.70. The van der Waals surface area contributed by atoms with Crippen LogP contribution in [0.3, 0.4) is 0 Å². The van der Waals surface area contributed by atoms with E-state index >= 15 is 0 Å². The number of ketones is 1. The summed E-state index contributed by atoms with van der Waals surface area (Å²) in [5.74, 6) is -0.597. The van der Waals surface area contributed by atoms with Crippen LogP contribution in [0.25, 0.3) is 11.1 Å². The van der Waals surface area contributed by atoms with Gasteiger partial charge in [0.25, 0.3) is 0 Å². The van der Waals surface area contributed by atoms with Crippen molar-refractivity contribution in [3.8, 4) is 0 Å². The van der Waals surface area contributed by atoms with Crippen molar-refractivity contribution in [3.05, 3.63) is 57.8 Å². The lowest BCUT2D eigenvalue weighted by molar-refractivity contribution is 0.0970. The molecule has 0 fully saturated rings. The van der Waals surface area contributed by atoms with E-state index in [2.05, 4.69) is 0 Å². The lowest BCUT2D eigenvalue weighted by Gasteiger charge is -2.03. The molecule has 0 aliphatic carbocycles. The zero-order valence-corrected chi connectivity index (χ0v) is 12.2. The van der Waals surface area contributed by atoms with Crippen LogP contribution < -0.4 is 5.76 Å². The van der Waals surface area contributed by atoms with E-state index in [4.69, 9.17) is 4.42 Å². The van der Waals surface area contributed by atoms with Gasteiger partial charge in [0.05, 0.1) is 12.1 Å². The highest BCUT2D eigenvalue weighted by molar-refractivity contribution is 5.98. The van der Waals surface area contributed by atoms with Gasteiger partial charge in [-0.15, -0.1) is 0 Å². The molecule has 0 aliphatic rings. The van der Waals surface area contributed by atoms with E-state index in [0.29, 0.717) is 16.7 Å². The van der Waals surface area contributed by atoms with E-state index in [1.54, 1.807) is 18.2 Å². The fourth-order valence-corrected chi connectivity index (χ4v) is 2.53. The first-order valence-corrected chi connectivity index (χ1v) is 6.73. The molecular formula is C16H16N2O3. The number of fused-ring (bicyclic) bond motifs is 1. The summed E-state index contributed by atoms with van der Waals surface area (Å²) >= 11 is 0. The maximum absolute atomic E-state index is 12.5. The Labute approximate surface area is 121 Å². The Morgan fingerprint density at radius 3 is 2.62 bits per heavy atom. The number of benzene rings is 1. The van der Waals surface area contributed by atoms with Crippen LogP contribution in [0.2, 0.25) is 0 Å². The molecule has 2 aromatic heterocycles. The number of aryl methyl sites for hydroxylation is 1. The van der Waals surface area contributed by atoms with Crippen molar-refractivity contribution in [1.82, 2.24) is 9.13 Å². The lowest BCUT2D eigenvalue weighted by Crippen LogP contribution is -2.20. The number of aromatic nitrogens is 2. The van der Waals surface area contributed by atoms with Crippen LogP contribution in [0.1, 0.15) is 21.7 Å². The van der Waals surface area contributed by atoms with Gasteiger partial charge in [-0.3, -0.25) is 9.36 Å². The summed E-state index contributed by atoms with van der Waals surface area (Å²) in [4.78, 5) is 24.4. The second-order valence-corrected chi connectivity index (χ2v) is 5.19. The maximum atomic E-state index is 12.5. The monoisotopic (exact) mass is 284 g/mol. The van der Waals surface area contributed by atoms with Crippen molar-refractivity contribution in [3.63, 3.8) is 0 Å². The molecule has 3 aromatic rings. The van der Waals surface area contributed by atoms with Gasteiger partial charge in [0.1, 0.15) is 0 Å². The standard InChI is InChI=1S/C16H16N2O3/c1-10-8-12(11(2)17(10)3)14(19)9-18-13-6-4-5-7-15(13)21-16(18)20/h4-8H,9H2,1-3H3. The van der Waals surface area contributed by atoms with Crippen LogP contribution in [0.5, 0.6) is 0 Å². The number of rotatable bonds is 3. The third-order valence-electron chi connectivity index (χ3n) is 3.95. The number of hydrogen-bond donors (Lipinski definition) is 0. The smallest absolute Gasteiger partial charge is 0.408 e. The van der Waals surface area contributed by atoms with Gasteiger partial charge in [-0.05, 0) is 32.0 Å². The molecule has 5 heteroatoms. The molecular weight excluding hydrogens is 268 g/mol. The molecule has 3 rings (SSSR count). The summed E-state index contributed by atoms with van der Waals surface area (Å²) in [5, 5.41) is 0. The minimum Gasteiger partial charge on any atom is -0.408 e. The molecule has 5 nitrogen and oxygen atoms in total. The van der Waals surface area contributed by atoms with Crippen LogP contribution >= 0.6 is 0 Å². The molecule has 0 atom stereocenters. The first kappa shape index (κ1) is 13.4. The number of Topliss-reactive ketones (excluding diaryl/α,β-unsaturated/α-hetero) is 1. The molecule has 0 amide bonds. The summed E-state index contributed by atoms with van der Waals surface area (Å²) in [6.45, 7) is 3.83. The SMILES string of the molecule is Cc1cc(C(=O)Cn2c(=O)oc3ccccc32)c(C)n1C. The highest BCUT2D eigenvalue weighted by Crippen LogP contribution is 2.16. The van der Waals surface area contributed by atoms with Crippen LogP contribution in [0.15, 0.2) is 39.5 Å². The molecule has 0 aliphatic heterocycles. The predicted octanol–water partition coefficient (Wildman–Crippen LogP) is 2.43. The van der Waals surface area contributed by atoms with Crippen molar-refractivity contribution < 1.29 is 9.21 Å². The molecule has 0 unspecified atom stereocenters. The topological polar surface area (TPSA) is 57.1 Å². The molecule has 0 N–H and O–H groups in total. The van der Waals surface area contributed by atoms with Gasteiger partial charge >= 0.3 is 5.76 Å². The number of para-hydroxylation sites is 2. The third kappa shape index (κ3) is 2.11. The summed E-state index contributed by atoms with van der Waals surface area (Å²) < 4.78 is 8.48. The van der Waals surface area contributed by atoms with Gasteiger partial charge < -0.3 is 8.98 Å². The lowest BCUT2D eigenvalue weighted by atomic mass is 10.1. The molecule has 108 valence electrons. The molecule has 2 heterocycles. The molecule has 1 aromatic carbocycles. The van der Waals surface area contributed by atoms with Crippen molar-refractivity contribution in [2.75, 3.05) is 0 Å². The fourth-order valence-electron chi connectivity index (χ4n) is 2.53. The normalized spacial score (nSPS) is 11.2. The average molecular weight is 284 g/mol. The van der Waals surface area contributed by atoms with Crippen LogP contribution in [-0.4, -0.2) is 14.9 Å². The number of carbonyl (C=O) groups is 1. The molecule has 0 radical (unpaired) electrons. The van der Waals surface area contributed by atoms with Crippen LogP contribution in [-0.2, 0) is 13.6 Å². The van der Waals surface area contributed by atoms with E-state index in [-0.39, 0.29) is 12.3 Å². The Bertz CT molecular complexity index is 896. The number of nitrogens with zero attached hydrogens (tertiary/aromatic N) is 2. The van der Waals surface area contributed by atoms with Crippen molar-refractivity contribution in [1.29, 1.82) is 0 Å². The first-order valence-electron chi connectivity index (χ1n) is 6.73. The fraction of sp³-hybridized carbons (Fsp3) is 0.250. The van der Waals surface area contributed by atoms with E-state index in [0.717, 1.165) is 11.4 Å². The van der Waals surface area contributed by atoms with Crippen LogP contribution in [0.4, 0.5) is 0 Å². The molecule has 21 heavy (non-hydrogen) atoms. The Balaban J connectivity index is 2.02. The number of hydrogen-bond acceptors (Lipinski definition) is 3. The van der Waals surface area contributed by atoms with E-state index in [1.165, 1.54) is 4.57 Å². The van der Waals surface area contributed by atoms with Gasteiger partial charge in [0.2, 0.25) is 0 Å². The van der Waals surface area contributed by atoms with Gasteiger partial charge in [-0.1, -0.05) is 12.1 Å². The average Bonchev–Trinajstić information content (AvgIpc) is 2.91. The molecule has 0 spiro atoms. The predicted molar refractivity (Wildman–Crippen MR) is 79.7 cm³/mol. The minimum atomic E-state index is -0.505. The van der Waals surface area contributed by atoms with Gasteiger partial charge in [-0.2, -0.15) is 0 Å². The van der Waals surface area contributed by atoms with Crippen molar-refractivity contribution in [2.24, 2.45) is 7.05 Å². The van der Waals surface area contributed by atoms with E-state index in [1.807, 2.05) is 37.6 Å². The highest BCUT2D eigenvalue weighted by atomic mass is 16.4. The largest absolute Gasteiger partial charge is 0.420 e. The summed E-state index contributed by atoms with van der Waals surface area (Å²) in [7, 11) is 1.92. The van der Waals surface area contributed by atoms with Crippen LogP contribution in [0, 0.1) is 13.8 Å². The second-order valence-electron chi connectivity index (χ2n) is 5.19. The Hall–Kier alpha value is -2.56. The van der Waals surface area contributed by atoms with Gasteiger partial charge in [-0.25, -0.2) is 4.79 Å². The Morgan fingerprint density at radius 1 is 1.24 bits per heavy atom. The molecule has 0 bridgehead atoms. The Kier molecular flexibility index (Phi) is 3.05. The van der Waals surface area contributed by atoms with Gasteiger partial charge in [0.15, 0.2) is 11.4 Å². The third-order valence-corrected chi connectivity index (χ3v) is 3.95. The minimum absolute atomic E-state index is 0.0138. The summed E-state index contributed by atoms with van der Waals surface area (Å²) in [6, 6.07) is 8.95. The van der Waals surface area contributed by atoms with Crippen molar-refractivity contribution >= 4 is 16.9 Å². The number of carbonyl (C=O) groups excluding carboxylic acids is 1. The maximum Gasteiger partial charge on any atom is 0.420 e. The zero-order chi connectivity index (χ0) is 15.1. The van der Waals surface area contributed by atoms with Crippen molar-refractivity contribution in [2.45, 2.75) is 20.4 Å². The summed E-state index contributed by atoms with van der Waals surface area (Å²) in [6.07, 6.45) is 0. The molecule has 0 saturated heterocycles. The molecule has 0 saturated carbocycles.